The monoisotopic (exact) mass is 275 g/mol. The summed E-state index contributed by atoms with van der Waals surface area (Å²) in [5.41, 5.74) is 7.33. The van der Waals surface area contributed by atoms with E-state index in [0.29, 0.717) is 23.6 Å². The number of nitrogens with two attached hydrogens (primary N) is 1. The first-order valence-electron chi connectivity index (χ1n) is 7.09. The number of benzene rings is 1. The zero-order valence-electron chi connectivity index (χ0n) is 12.1. The Morgan fingerprint density at radius 1 is 1.25 bits per heavy atom. The summed E-state index contributed by atoms with van der Waals surface area (Å²) < 4.78 is 10.9. The molecule has 0 bridgehead atoms. The molecule has 1 heterocycles. The second-order valence-corrected chi connectivity index (χ2v) is 5.01. The van der Waals surface area contributed by atoms with E-state index >= 15 is 0 Å². The molecule has 2 rings (SSSR count). The lowest BCUT2D eigenvalue weighted by Gasteiger charge is -2.11. The normalized spacial score (nSPS) is 10.9. The van der Waals surface area contributed by atoms with E-state index in [-0.39, 0.29) is 5.63 Å². The number of hydrogen-bond acceptors (Lipinski definition) is 4. The second kappa shape index (κ2) is 6.46. The van der Waals surface area contributed by atoms with Gasteiger partial charge in [-0.15, -0.1) is 0 Å². The van der Waals surface area contributed by atoms with Crippen LogP contribution in [0, 0.1) is 6.92 Å². The van der Waals surface area contributed by atoms with Gasteiger partial charge in [0.1, 0.15) is 11.4 Å². The molecule has 0 radical (unpaired) electrons. The minimum Gasteiger partial charge on any atom is -0.491 e. The fourth-order valence-corrected chi connectivity index (χ4v) is 2.22. The molecule has 0 fully saturated rings. The van der Waals surface area contributed by atoms with E-state index in [2.05, 4.69) is 6.92 Å². The minimum atomic E-state index is -0.387. The maximum Gasteiger partial charge on any atom is 0.336 e. The largest absolute Gasteiger partial charge is 0.491 e. The van der Waals surface area contributed by atoms with Crippen molar-refractivity contribution in [2.45, 2.75) is 39.5 Å². The average molecular weight is 275 g/mol. The van der Waals surface area contributed by atoms with Crippen LogP contribution in [0.25, 0.3) is 11.0 Å². The number of rotatable bonds is 6. The second-order valence-electron chi connectivity index (χ2n) is 5.01. The first-order chi connectivity index (χ1) is 9.63. The van der Waals surface area contributed by atoms with Crippen LogP contribution >= 0.6 is 0 Å². The quantitative estimate of drug-likeness (QED) is 0.496. The van der Waals surface area contributed by atoms with Crippen LogP contribution in [-0.2, 0) is 0 Å². The first kappa shape index (κ1) is 14.4. The predicted molar refractivity (Wildman–Crippen MR) is 81.3 cm³/mol. The number of anilines is 1. The summed E-state index contributed by atoms with van der Waals surface area (Å²) in [4.78, 5) is 11.4. The Hall–Kier alpha value is -1.97. The number of hydrogen-bond donors (Lipinski definition) is 1. The Bertz CT molecular complexity index is 646. The molecule has 1 aromatic heterocycles. The highest BCUT2D eigenvalue weighted by molar-refractivity contribution is 5.92. The maximum atomic E-state index is 11.4. The molecular weight excluding hydrogens is 254 g/mol. The van der Waals surface area contributed by atoms with Gasteiger partial charge in [-0.2, -0.15) is 0 Å². The molecule has 0 aliphatic rings. The van der Waals surface area contributed by atoms with Crippen LogP contribution < -0.4 is 16.1 Å². The van der Waals surface area contributed by atoms with Crippen LogP contribution in [-0.4, -0.2) is 6.61 Å². The van der Waals surface area contributed by atoms with Crippen molar-refractivity contribution in [3.8, 4) is 5.75 Å². The van der Waals surface area contributed by atoms with Gasteiger partial charge >= 0.3 is 5.63 Å². The summed E-state index contributed by atoms with van der Waals surface area (Å²) in [6, 6.07) is 5.18. The molecule has 0 saturated heterocycles. The highest BCUT2D eigenvalue weighted by Crippen LogP contribution is 2.31. The van der Waals surface area contributed by atoms with Gasteiger partial charge in [-0.25, -0.2) is 4.79 Å². The Kier molecular flexibility index (Phi) is 4.66. The van der Waals surface area contributed by atoms with Crippen molar-refractivity contribution in [3.63, 3.8) is 0 Å². The van der Waals surface area contributed by atoms with E-state index in [0.717, 1.165) is 23.8 Å². The van der Waals surface area contributed by atoms with Gasteiger partial charge in [-0.05, 0) is 31.0 Å². The van der Waals surface area contributed by atoms with Gasteiger partial charge in [0, 0.05) is 11.5 Å². The highest BCUT2D eigenvalue weighted by Gasteiger charge is 2.10. The van der Waals surface area contributed by atoms with Crippen molar-refractivity contribution in [1.82, 2.24) is 0 Å². The van der Waals surface area contributed by atoms with E-state index in [1.54, 1.807) is 0 Å². The molecule has 0 unspecified atom stereocenters. The van der Waals surface area contributed by atoms with Gasteiger partial charge in [-0.3, -0.25) is 0 Å². The fourth-order valence-electron chi connectivity index (χ4n) is 2.22. The third-order valence-corrected chi connectivity index (χ3v) is 3.37. The topological polar surface area (TPSA) is 65.5 Å². The molecule has 20 heavy (non-hydrogen) atoms. The summed E-state index contributed by atoms with van der Waals surface area (Å²) in [6.07, 6.45) is 4.56. The Balaban J connectivity index is 2.19. The molecule has 0 atom stereocenters. The lowest BCUT2D eigenvalue weighted by atomic mass is 10.1. The molecule has 4 nitrogen and oxygen atoms in total. The van der Waals surface area contributed by atoms with Crippen molar-refractivity contribution in [2.24, 2.45) is 0 Å². The summed E-state index contributed by atoms with van der Waals surface area (Å²) in [7, 11) is 0. The Morgan fingerprint density at radius 2 is 2.05 bits per heavy atom. The molecule has 0 aliphatic carbocycles. The SMILES string of the molecule is CCCCCCOc1ccc2c(C)cc(=O)oc2c1N. The lowest BCUT2D eigenvalue weighted by molar-refractivity contribution is 0.306. The number of unbranched alkanes of at least 4 members (excludes halogenated alkanes) is 3. The molecular formula is C16H21NO3. The summed E-state index contributed by atoms with van der Waals surface area (Å²) >= 11 is 0. The molecule has 2 N–H and O–H groups in total. The summed E-state index contributed by atoms with van der Waals surface area (Å²) in [5.74, 6) is 0.586. The molecule has 0 saturated carbocycles. The number of fused-ring (bicyclic) bond motifs is 1. The summed E-state index contributed by atoms with van der Waals surface area (Å²) in [5, 5.41) is 0.848. The standard InChI is InChI=1S/C16H21NO3/c1-3-4-5-6-9-19-13-8-7-12-11(2)10-14(18)20-16(12)15(13)17/h7-8,10H,3-6,9,17H2,1-2H3. The zero-order valence-corrected chi connectivity index (χ0v) is 12.1. The molecule has 4 heteroatoms. The zero-order chi connectivity index (χ0) is 14.5. The third kappa shape index (κ3) is 3.13. The third-order valence-electron chi connectivity index (χ3n) is 3.37. The molecule has 0 aliphatic heterocycles. The average Bonchev–Trinajstić information content (AvgIpc) is 2.41. The van der Waals surface area contributed by atoms with Crippen LogP contribution in [0.4, 0.5) is 5.69 Å². The van der Waals surface area contributed by atoms with E-state index in [1.165, 1.54) is 18.9 Å². The van der Waals surface area contributed by atoms with Gasteiger partial charge in [0.25, 0.3) is 0 Å². The van der Waals surface area contributed by atoms with Crippen molar-refractivity contribution < 1.29 is 9.15 Å². The van der Waals surface area contributed by atoms with Crippen molar-refractivity contribution in [1.29, 1.82) is 0 Å². The Morgan fingerprint density at radius 3 is 2.80 bits per heavy atom. The maximum absolute atomic E-state index is 11.4. The smallest absolute Gasteiger partial charge is 0.336 e. The van der Waals surface area contributed by atoms with Gasteiger partial charge in [0.2, 0.25) is 0 Å². The Labute approximate surface area is 118 Å². The van der Waals surface area contributed by atoms with Crippen molar-refractivity contribution in [3.05, 3.63) is 34.2 Å². The van der Waals surface area contributed by atoms with E-state index < -0.39 is 0 Å². The van der Waals surface area contributed by atoms with Gasteiger partial charge < -0.3 is 14.9 Å². The van der Waals surface area contributed by atoms with Gasteiger partial charge in [0.05, 0.1) is 6.61 Å². The van der Waals surface area contributed by atoms with E-state index in [1.807, 2.05) is 19.1 Å². The van der Waals surface area contributed by atoms with E-state index in [4.69, 9.17) is 14.9 Å². The molecule has 1 aromatic carbocycles. The molecule has 2 aromatic rings. The minimum absolute atomic E-state index is 0.387. The number of nitrogen functional groups attached to an aromatic ring is 1. The lowest BCUT2D eigenvalue weighted by Crippen LogP contribution is -2.04. The van der Waals surface area contributed by atoms with Crippen molar-refractivity contribution >= 4 is 16.7 Å². The van der Waals surface area contributed by atoms with Gasteiger partial charge in [-0.1, -0.05) is 26.2 Å². The predicted octanol–water partition coefficient (Wildman–Crippen LogP) is 3.64. The number of aryl methyl sites for hydroxylation is 1. The highest BCUT2D eigenvalue weighted by atomic mass is 16.5. The van der Waals surface area contributed by atoms with Crippen LogP contribution in [0.2, 0.25) is 0 Å². The van der Waals surface area contributed by atoms with Gasteiger partial charge in [0.15, 0.2) is 5.58 Å². The molecule has 0 amide bonds. The van der Waals surface area contributed by atoms with Crippen LogP contribution in [0.3, 0.4) is 0 Å². The van der Waals surface area contributed by atoms with Crippen molar-refractivity contribution in [2.75, 3.05) is 12.3 Å². The van der Waals surface area contributed by atoms with Crippen LogP contribution in [0.15, 0.2) is 27.4 Å². The fraction of sp³-hybridized carbons (Fsp3) is 0.438. The van der Waals surface area contributed by atoms with E-state index in [9.17, 15) is 4.79 Å². The molecule has 108 valence electrons. The number of ether oxygens (including phenoxy) is 1. The molecule has 0 spiro atoms. The van der Waals surface area contributed by atoms with Crippen LogP contribution in [0.1, 0.15) is 38.2 Å². The summed E-state index contributed by atoms with van der Waals surface area (Å²) in [6.45, 7) is 4.67. The first-order valence-corrected chi connectivity index (χ1v) is 7.09. The van der Waals surface area contributed by atoms with Crippen LogP contribution in [0.5, 0.6) is 5.75 Å².